The molecular weight excluding hydrogens is 450 g/mol. The summed E-state index contributed by atoms with van der Waals surface area (Å²) in [5, 5.41) is 1.17. The fourth-order valence-corrected chi connectivity index (χ4v) is 3.23. The van der Waals surface area contributed by atoms with Crippen LogP contribution in [0, 0.1) is 5.82 Å². The van der Waals surface area contributed by atoms with Crippen LogP contribution in [0.3, 0.4) is 0 Å². The van der Waals surface area contributed by atoms with Gasteiger partial charge in [0.25, 0.3) is 0 Å². The summed E-state index contributed by atoms with van der Waals surface area (Å²) in [4.78, 5) is 0. The molecule has 2 nitrogen and oxygen atoms in total. The number of para-hydroxylation sites is 1. The maximum Gasteiger partial charge on any atom is 0.204 e. The SMILES string of the molecule is C[n+]1ccccc1/C=C/c1cn(Cc2ccccc2F)c2ccccc12.[I-]. The minimum Gasteiger partial charge on any atom is -1.00 e. The van der Waals surface area contributed by atoms with Crippen LogP contribution in [-0.2, 0) is 13.6 Å². The van der Waals surface area contributed by atoms with Gasteiger partial charge in [0.1, 0.15) is 12.9 Å². The Kier molecular flexibility index (Phi) is 6.06. The molecule has 0 atom stereocenters. The van der Waals surface area contributed by atoms with Crippen molar-refractivity contribution in [2.45, 2.75) is 6.54 Å². The van der Waals surface area contributed by atoms with Gasteiger partial charge in [0, 0.05) is 46.4 Å². The van der Waals surface area contributed by atoms with E-state index in [2.05, 4.69) is 45.7 Å². The molecule has 4 heteroatoms. The van der Waals surface area contributed by atoms with Gasteiger partial charge < -0.3 is 28.5 Å². The molecule has 0 unspecified atom stereocenters. The van der Waals surface area contributed by atoms with Crippen LogP contribution in [0.2, 0.25) is 0 Å². The highest BCUT2D eigenvalue weighted by molar-refractivity contribution is 5.91. The first-order valence-corrected chi connectivity index (χ1v) is 8.66. The van der Waals surface area contributed by atoms with Gasteiger partial charge >= 0.3 is 0 Å². The molecule has 0 N–H and O–H groups in total. The zero-order chi connectivity index (χ0) is 17.9. The first-order chi connectivity index (χ1) is 12.7. The number of hydrogen-bond acceptors (Lipinski definition) is 0. The minimum atomic E-state index is -0.168. The molecule has 0 amide bonds. The number of rotatable bonds is 4. The Balaban J connectivity index is 0.00000210. The second-order valence-electron chi connectivity index (χ2n) is 6.39. The van der Waals surface area contributed by atoms with Gasteiger partial charge in [0.2, 0.25) is 5.69 Å². The van der Waals surface area contributed by atoms with Crippen LogP contribution in [-0.4, -0.2) is 4.57 Å². The van der Waals surface area contributed by atoms with Crippen LogP contribution >= 0.6 is 0 Å². The molecule has 0 saturated heterocycles. The monoisotopic (exact) mass is 470 g/mol. The maximum absolute atomic E-state index is 14.1. The number of fused-ring (bicyclic) bond motifs is 1. The zero-order valence-electron chi connectivity index (χ0n) is 15.0. The highest BCUT2D eigenvalue weighted by Gasteiger charge is 2.09. The van der Waals surface area contributed by atoms with E-state index in [0.29, 0.717) is 12.1 Å². The lowest BCUT2D eigenvalue weighted by Crippen LogP contribution is -3.00. The molecule has 0 saturated carbocycles. The predicted octanol–water partition coefficient (Wildman–Crippen LogP) is 1.83. The third-order valence-electron chi connectivity index (χ3n) is 4.65. The van der Waals surface area contributed by atoms with E-state index in [4.69, 9.17) is 0 Å². The van der Waals surface area contributed by atoms with Crippen LogP contribution in [0.25, 0.3) is 23.1 Å². The lowest BCUT2D eigenvalue weighted by Gasteiger charge is -2.06. The van der Waals surface area contributed by atoms with Crippen molar-refractivity contribution in [1.82, 2.24) is 4.57 Å². The van der Waals surface area contributed by atoms with Gasteiger partial charge in [0.05, 0.1) is 6.54 Å². The number of aryl methyl sites for hydroxylation is 1. The summed E-state index contributed by atoms with van der Waals surface area (Å²) >= 11 is 0. The predicted molar refractivity (Wildman–Crippen MR) is 104 cm³/mol. The van der Waals surface area contributed by atoms with Gasteiger partial charge in [-0.25, -0.2) is 8.96 Å². The van der Waals surface area contributed by atoms with E-state index in [1.807, 2.05) is 49.6 Å². The van der Waals surface area contributed by atoms with Crippen LogP contribution in [0.1, 0.15) is 16.8 Å². The number of benzene rings is 2. The highest BCUT2D eigenvalue weighted by atomic mass is 127. The van der Waals surface area contributed by atoms with Crippen LogP contribution < -0.4 is 28.5 Å². The number of aromatic nitrogens is 2. The summed E-state index contributed by atoms with van der Waals surface area (Å²) in [6, 6.07) is 21.3. The molecule has 0 aliphatic rings. The summed E-state index contributed by atoms with van der Waals surface area (Å²) in [6.07, 6.45) is 8.35. The molecule has 27 heavy (non-hydrogen) atoms. The molecule has 2 heterocycles. The Hall–Kier alpha value is -2.47. The van der Waals surface area contributed by atoms with Gasteiger partial charge in [-0.15, -0.1) is 0 Å². The van der Waals surface area contributed by atoms with Gasteiger partial charge in [-0.05, 0) is 24.3 Å². The molecule has 0 aliphatic heterocycles. The minimum absolute atomic E-state index is 0. The van der Waals surface area contributed by atoms with E-state index in [-0.39, 0.29) is 29.8 Å². The van der Waals surface area contributed by atoms with Crippen molar-refractivity contribution in [3.05, 3.63) is 102 Å². The topological polar surface area (TPSA) is 8.81 Å². The van der Waals surface area contributed by atoms with Crippen LogP contribution in [0.4, 0.5) is 4.39 Å². The Morgan fingerprint density at radius 1 is 0.926 bits per heavy atom. The third kappa shape index (κ3) is 4.11. The molecular formula is C23H20FIN2. The molecule has 4 aromatic rings. The lowest BCUT2D eigenvalue weighted by molar-refractivity contribution is -0.673. The summed E-state index contributed by atoms with van der Waals surface area (Å²) < 4.78 is 18.3. The van der Waals surface area contributed by atoms with E-state index < -0.39 is 0 Å². The van der Waals surface area contributed by atoms with E-state index in [1.165, 1.54) is 11.5 Å². The van der Waals surface area contributed by atoms with Gasteiger partial charge in [-0.1, -0.05) is 36.4 Å². The number of halogens is 2. The highest BCUT2D eigenvalue weighted by Crippen LogP contribution is 2.24. The van der Waals surface area contributed by atoms with Gasteiger partial charge in [-0.2, -0.15) is 0 Å². The van der Waals surface area contributed by atoms with Gasteiger partial charge in [-0.3, -0.25) is 0 Å². The molecule has 4 rings (SSSR count). The standard InChI is InChI=1S/C23H20FN2.HI/c1-25-15-7-6-9-20(25)14-13-18-16-26(23-12-5-3-10-21(18)23)17-19-8-2-4-11-22(19)24;/h2-16H,17H2,1H3;1H/q+1;/p-1. The second kappa shape index (κ2) is 8.48. The van der Waals surface area contributed by atoms with E-state index >= 15 is 0 Å². The first-order valence-electron chi connectivity index (χ1n) is 8.66. The molecule has 136 valence electrons. The molecule has 2 aromatic carbocycles. The Morgan fingerprint density at radius 2 is 1.67 bits per heavy atom. The summed E-state index contributed by atoms with van der Waals surface area (Å²) in [5.41, 5.74) is 4.05. The Labute approximate surface area is 175 Å². The summed E-state index contributed by atoms with van der Waals surface area (Å²) in [5.74, 6) is -0.168. The molecule has 0 aliphatic carbocycles. The fraction of sp³-hybridized carbons (Fsp3) is 0.0870. The van der Waals surface area contributed by atoms with Crippen molar-refractivity contribution in [3.8, 4) is 0 Å². The smallest absolute Gasteiger partial charge is 0.204 e. The van der Waals surface area contributed by atoms with Crippen molar-refractivity contribution < 1.29 is 32.9 Å². The summed E-state index contributed by atoms with van der Waals surface area (Å²) in [7, 11) is 2.03. The van der Waals surface area contributed by atoms with Crippen LogP contribution in [0.5, 0.6) is 0 Å². The second-order valence-corrected chi connectivity index (χ2v) is 6.39. The van der Waals surface area contributed by atoms with E-state index in [9.17, 15) is 4.39 Å². The summed E-state index contributed by atoms with van der Waals surface area (Å²) in [6.45, 7) is 0.514. The third-order valence-corrected chi connectivity index (χ3v) is 4.65. The normalized spacial score (nSPS) is 11.0. The average Bonchev–Trinajstić information content (AvgIpc) is 3.01. The quantitative estimate of drug-likeness (QED) is 0.318. The Morgan fingerprint density at radius 3 is 2.48 bits per heavy atom. The number of nitrogens with zero attached hydrogens (tertiary/aromatic N) is 2. The fourth-order valence-electron chi connectivity index (χ4n) is 3.23. The van der Waals surface area contributed by atoms with Crippen molar-refractivity contribution in [2.24, 2.45) is 7.05 Å². The Bertz CT molecular complexity index is 1100. The zero-order valence-corrected chi connectivity index (χ0v) is 17.2. The van der Waals surface area contributed by atoms with Crippen molar-refractivity contribution in [1.29, 1.82) is 0 Å². The molecule has 0 fully saturated rings. The van der Waals surface area contributed by atoms with Crippen molar-refractivity contribution in [2.75, 3.05) is 0 Å². The lowest BCUT2D eigenvalue weighted by atomic mass is 10.1. The van der Waals surface area contributed by atoms with Gasteiger partial charge in [0.15, 0.2) is 6.20 Å². The molecule has 2 aromatic heterocycles. The average molecular weight is 470 g/mol. The molecule has 0 radical (unpaired) electrons. The number of hydrogen-bond donors (Lipinski definition) is 0. The molecule has 0 spiro atoms. The molecule has 0 bridgehead atoms. The van der Waals surface area contributed by atoms with Crippen molar-refractivity contribution >= 4 is 23.1 Å². The largest absolute Gasteiger partial charge is 1.00 e. The number of pyridine rings is 1. The van der Waals surface area contributed by atoms with E-state index in [1.54, 1.807) is 6.07 Å². The maximum atomic E-state index is 14.1. The van der Waals surface area contributed by atoms with Crippen molar-refractivity contribution in [3.63, 3.8) is 0 Å². The van der Waals surface area contributed by atoms with Crippen LogP contribution in [0.15, 0.2) is 79.1 Å². The first kappa shape index (κ1) is 19.3. The van der Waals surface area contributed by atoms with E-state index in [0.717, 1.165) is 16.8 Å².